The maximum atomic E-state index is 11.5. The van der Waals surface area contributed by atoms with Gasteiger partial charge < -0.3 is 14.6 Å². The number of nitrogens with two attached hydrogens (primary N) is 1. The molecule has 1 aliphatic carbocycles. The molecule has 3 aromatic rings. The van der Waals surface area contributed by atoms with Gasteiger partial charge in [-0.3, -0.25) is 0 Å². The summed E-state index contributed by atoms with van der Waals surface area (Å²) in [6.07, 6.45) is 7.19. The van der Waals surface area contributed by atoms with Gasteiger partial charge in [0.15, 0.2) is 0 Å². The summed E-state index contributed by atoms with van der Waals surface area (Å²) in [6.45, 7) is 0.555. The summed E-state index contributed by atoms with van der Waals surface area (Å²) in [4.78, 5) is 14.0. The molecule has 3 N–H and O–H groups in total. The Balaban J connectivity index is 1.55. The molecule has 3 heterocycles. The molecule has 0 atom stereocenters. The summed E-state index contributed by atoms with van der Waals surface area (Å²) in [6, 6.07) is 8.28. The van der Waals surface area contributed by atoms with Crippen molar-refractivity contribution in [1.82, 2.24) is 14.5 Å². The zero-order valence-corrected chi connectivity index (χ0v) is 18.0. The van der Waals surface area contributed by atoms with E-state index in [9.17, 15) is 8.42 Å². The number of nitrogens with zero attached hydrogens (tertiary/aromatic N) is 4. The van der Waals surface area contributed by atoms with Crippen LogP contribution in [0.15, 0.2) is 46.4 Å². The molecule has 162 valence electrons. The molecule has 10 heteroatoms. The summed E-state index contributed by atoms with van der Waals surface area (Å²) in [5.74, 6) is 1.22. The Morgan fingerprint density at radius 1 is 1.16 bits per heavy atom. The number of hydrogen-bond acceptors (Lipinski definition) is 7. The monoisotopic (exact) mass is 440 g/mol. The van der Waals surface area contributed by atoms with Gasteiger partial charge in [-0.15, -0.1) is 0 Å². The largest absolute Gasteiger partial charge is 0.483 e. The smallest absolute Gasteiger partial charge is 0.238 e. The first-order chi connectivity index (χ1) is 14.9. The highest BCUT2D eigenvalue weighted by Crippen LogP contribution is 2.42. The molecule has 1 spiro atoms. The number of ether oxygens (including phenoxy) is 1. The van der Waals surface area contributed by atoms with Gasteiger partial charge in [-0.25, -0.2) is 23.5 Å². The molecule has 0 saturated heterocycles. The van der Waals surface area contributed by atoms with Gasteiger partial charge in [0.2, 0.25) is 21.9 Å². The second-order valence-corrected chi connectivity index (χ2v) is 9.62. The lowest BCUT2D eigenvalue weighted by molar-refractivity contribution is 0.216. The number of benzene rings is 1. The van der Waals surface area contributed by atoms with E-state index in [2.05, 4.69) is 20.9 Å². The Labute approximate surface area is 180 Å². The van der Waals surface area contributed by atoms with Crippen LogP contribution in [0.1, 0.15) is 37.8 Å². The molecule has 31 heavy (non-hydrogen) atoms. The minimum absolute atomic E-state index is 0.0562. The third-order valence-corrected chi connectivity index (χ3v) is 7.07. The number of aliphatic imine (C=N–C) groups is 1. The van der Waals surface area contributed by atoms with Crippen molar-refractivity contribution in [2.24, 2.45) is 10.1 Å². The summed E-state index contributed by atoms with van der Waals surface area (Å²) in [7, 11) is -2.04. The van der Waals surface area contributed by atoms with Crippen molar-refractivity contribution in [3.05, 3.63) is 42.2 Å². The number of hydrogen-bond donors (Lipinski definition) is 2. The standard InChI is InChI=1S/C21H24N6O3S/c1-30-19-21(9-3-2-4-10-21)27-16(13-23-19)11-14-12-24-20(26-18(14)27)25-15-5-7-17(8-6-15)31(22,28)29/h5-8,11-12H,2-4,9-10,13H2,1H3,(H2,22,28,29)(H,24,25,26). The quantitative estimate of drug-likeness (QED) is 0.645. The van der Waals surface area contributed by atoms with Crippen molar-refractivity contribution in [2.45, 2.75) is 49.1 Å². The fourth-order valence-electron chi connectivity index (χ4n) is 4.78. The number of fused-ring (bicyclic) bond motifs is 4. The maximum absolute atomic E-state index is 11.5. The Bertz CT molecular complexity index is 1270. The molecule has 1 fully saturated rings. The predicted molar refractivity (Wildman–Crippen MR) is 118 cm³/mol. The molecule has 5 rings (SSSR count). The van der Waals surface area contributed by atoms with E-state index in [0.29, 0.717) is 18.2 Å². The SMILES string of the molecule is COC1=NCc2cc3cnc(Nc4ccc(S(N)(=O)=O)cc4)nc3n2C12CCCCC2. The lowest BCUT2D eigenvalue weighted by Gasteiger charge is -2.41. The molecule has 2 aromatic heterocycles. The highest BCUT2D eigenvalue weighted by Gasteiger charge is 2.44. The number of nitrogens with one attached hydrogen (secondary N) is 1. The van der Waals surface area contributed by atoms with Crippen LogP contribution in [0.3, 0.4) is 0 Å². The van der Waals surface area contributed by atoms with Crippen LogP contribution < -0.4 is 10.5 Å². The van der Waals surface area contributed by atoms with Crippen LogP contribution in [-0.4, -0.2) is 36.0 Å². The van der Waals surface area contributed by atoms with Crippen molar-refractivity contribution in [1.29, 1.82) is 0 Å². The Hall–Kier alpha value is -2.98. The van der Waals surface area contributed by atoms with Gasteiger partial charge in [-0.05, 0) is 43.2 Å². The molecule has 0 bridgehead atoms. The van der Waals surface area contributed by atoms with E-state index in [1.807, 2.05) is 0 Å². The van der Waals surface area contributed by atoms with Crippen molar-refractivity contribution in [3.8, 4) is 0 Å². The molecule has 2 aliphatic rings. The minimum atomic E-state index is -3.73. The van der Waals surface area contributed by atoms with Gasteiger partial charge in [0.1, 0.15) is 11.2 Å². The normalized spacial score (nSPS) is 17.9. The van der Waals surface area contributed by atoms with Crippen LogP contribution >= 0.6 is 0 Å². The van der Waals surface area contributed by atoms with Crippen LogP contribution in [0.4, 0.5) is 11.6 Å². The molecular formula is C21H24N6O3S. The number of anilines is 2. The summed E-state index contributed by atoms with van der Waals surface area (Å²) >= 11 is 0. The predicted octanol–water partition coefficient (Wildman–Crippen LogP) is 3.04. The Morgan fingerprint density at radius 2 is 1.90 bits per heavy atom. The van der Waals surface area contributed by atoms with Crippen LogP contribution in [0.5, 0.6) is 0 Å². The third-order valence-electron chi connectivity index (χ3n) is 6.14. The number of aromatic nitrogens is 3. The van der Waals surface area contributed by atoms with Crippen molar-refractivity contribution >= 4 is 38.6 Å². The Kier molecular flexibility index (Phi) is 4.71. The van der Waals surface area contributed by atoms with Crippen LogP contribution in [0.25, 0.3) is 11.0 Å². The highest BCUT2D eigenvalue weighted by atomic mass is 32.2. The van der Waals surface area contributed by atoms with Crippen LogP contribution in [0, 0.1) is 0 Å². The van der Waals surface area contributed by atoms with Crippen LogP contribution in [-0.2, 0) is 26.8 Å². The maximum Gasteiger partial charge on any atom is 0.238 e. The number of primary sulfonamides is 1. The summed E-state index contributed by atoms with van der Waals surface area (Å²) in [5.41, 5.74) is 2.33. The first kappa shape index (κ1) is 20.0. The fourth-order valence-corrected chi connectivity index (χ4v) is 5.29. The van der Waals surface area contributed by atoms with Gasteiger partial charge in [-0.1, -0.05) is 19.3 Å². The van der Waals surface area contributed by atoms with E-state index < -0.39 is 10.0 Å². The average Bonchev–Trinajstić information content (AvgIpc) is 3.13. The van der Waals surface area contributed by atoms with E-state index >= 15 is 0 Å². The lowest BCUT2D eigenvalue weighted by Crippen LogP contribution is -2.47. The topological polar surface area (TPSA) is 124 Å². The Morgan fingerprint density at radius 3 is 2.58 bits per heavy atom. The second-order valence-electron chi connectivity index (χ2n) is 8.06. The second kappa shape index (κ2) is 7.31. The first-order valence-corrected chi connectivity index (χ1v) is 11.8. The number of methoxy groups -OCH3 is 1. The van der Waals surface area contributed by atoms with E-state index in [1.165, 1.54) is 18.6 Å². The van der Waals surface area contributed by atoms with Gasteiger partial charge in [0, 0.05) is 23.0 Å². The first-order valence-electron chi connectivity index (χ1n) is 10.3. The van der Waals surface area contributed by atoms with Gasteiger partial charge in [0.25, 0.3) is 0 Å². The van der Waals surface area contributed by atoms with Gasteiger partial charge in [-0.2, -0.15) is 4.98 Å². The van der Waals surface area contributed by atoms with Gasteiger partial charge >= 0.3 is 0 Å². The lowest BCUT2D eigenvalue weighted by atomic mass is 9.80. The van der Waals surface area contributed by atoms with E-state index in [0.717, 1.165) is 48.3 Å². The average molecular weight is 441 g/mol. The minimum Gasteiger partial charge on any atom is -0.483 e. The van der Waals surface area contributed by atoms with Crippen molar-refractivity contribution in [3.63, 3.8) is 0 Å². The fraction of sp³-hybridized carbons (Fsp3) is 0.381. The molecule has 1 aromatic carbocycles. The molecular weight excluding hydrogens is 416 g/mol. The molecule has 1 saturated carbocycles. The van der Waals surface area contributed by atoms with Crippen molar-refractivity contribution in [2.75, 3.05) is 12.4 Å². The third kappa shape index (κ3) is 3.35. The zero-order chi connectivity index (χ0) is 21.6. The zero-order valence-electron chi connectivity index (χ0n) is 17.2. The van der Waals surface area contributed by atoms with Crippen LogP contribution in [0.2, 0.25) is 0 Å². The van der Waals surface area contributed by atoms with E-state index in [4.69, 9.17) is 19.9 Å². The van der Waals surface area contributed by atoms with Crippen molar-refractivity contribution < 1.29 is 13.2 Å². The molecule has 9 nitrogen and oxygen atoms in total. The highest BCUT2D eigenvalue weighted by molar-refractivity contribution is 7.89. The molecule has 0 amide bonds. The molecule has 0 unspecified atom stereocenters. The molecule has 0 radical (unpaired) electrons. The summed E-state index contributed by atoms with van der Waals surface area (Å²) < 4.78 is 31.0. The van der Waals surface area contributed by atoms with Gasteiger partial charge in [0.05, 0.1) is 18.6 Å². The van der Waals surface area contributed by atoms with E-state index in [-0.39, 0.29) is 10.4 Å². The number of sulfonamides is 1. The molecule has 1 aliphatic heterocycles. The summed E-state index contributed by atoms with van der Waals surface area (Å²) in [5, 5.41) is 9.29. The van der Waals surface area contributed by atoms with E-state index in [1.54, 1.807) is 25.4 Å². The number of rotatable bonds is 3.